The molecular weight excluding hydrogens is 941 g/mol. The van der Waals surface area contributed by atoms with Crippen molar-refractivity contribution in [3.63, 3.8) is 0 Å². The van der Waals surface area contributed by atoms with Gasteiger partial charge in [-0.05, 0) is 11.8 Å². The molecule has 0 saturated carbocycles. The number of aromatic amines is 2. The molecule has 28 nitrogen and oxygen atoms in total. The molecule has 9 N–H and O–H groups in total. The van der Waals surface area contributed by atoms with Crippen molar-refractivity contribution in [3.8, 4) is 0 Å². The second kappa shape index (κ2) is 18.3. The SMILES string of the molecule is COC1[C@@H](OP(O)(=S)OC[C@H]2O[C@@H](n3cnc4c(N)ncnc43)C(F)[C@H]2OP(=O)(S)OC[C@H]2O[C@@H](n3cnc4c(=O)[nH]c(N)nc43)C(OC)[C@H]2O)[C@@H](CO)O[C@H]1n1ccc(=O)[nH]c1=O. The molecule has 0 amide bonds. The average molecular weight is 981 g/mol. The van der Waals surface area contributed by atoms with Crippen LogP contribution in [0, 0.1) is 0 Å². The van der Waals surface area contributed by atoms with E-state index in [1.807, 2.05) is 0 Å². The van der Waals surface area contributed by atoms with Crippen LogP contribution in [-0.4, -0.2) is 153 Å². The Labute approximate surface area is 366 Å². The van der Waals surface area contributed by atoms with Gasteiger partial charge < -0.3 is 54.8 Å². The molecule has 3 saturated heterocycles. The molecule has 3 aliphatic heterocycles. The number of nitrogen functional groups attached to an aromatic ring is 2. The molecule has 348 valence electrons. The number of thiol groups is 1. The van der Waals surface area contributed by atoms with Gasteiger partial charge in [0.2, 0.25) is 5.95 Å². The second-order valence-electron chi connectivity index (χ2n) is 14.3. The zero-order valence-electron chi connectivity index (χ0n) is 32.9. The minimum absolute atomic E-state index is 0.0112. The number of rotatable bonds is 16. The Hall–Kier alpha value is -4.14. The first-order valence-electron chi connectivity index (χ1n) is 18.7. The van der Waals surface area contributed by atoms with Gasteiger partial charge in [-0.1, -0.05) is 12.2 Å². The molecule has 0 aliphatic carbocycles. The van der Waals surface area contributed by atoms with Gasteiger partial charge in [-0.25, -0.2) is 33.7 Å². The lowest BCUT2D eigenvalue weighted by Gasteiger charge is -2.28. The summed E-state index contributed by atoms with van der Waals surface area (Å²) in [5, 5.41) is 21.3. The fourth-order valence-electron chi connectivity index (χ4n) is 7.49. The molecule has 3 fully saturated rings. The van der Waals surface area contributed by atoms with E-state index in [0.717, 1.165) is 27.7 Å². The van der Waals surface area contributed by atoms with E-state index in [2.05, 4.69) is 47.1 Å². The third-order valence-corrected chi connectivity index (χ3v) is 13.6. The van der Waals surface area contributed by atoms with E-state index >= 15 is 4.39 Å². The van der Waals surface area contributed by atoms with Gasteiger partial charge in [0.05, 0.1) is 32.5 Å². The number of nitrogens with two attached hydrogens (primary N) is 2. The lowest BCUT2D eigenvalue weighted by atomic mass is 10.1. The quantitative estimate of drug-likeness (QED) is 0.0397. The fraction of sp³-hybridized carbons (Fsp3) is 0.548. The largest absolute Gasteiger partial charge is 0.394 e. The van der Waals surface area contributed by atoms with Crippen LogP contribution in [0.5, 0.6) is 0 Å². The minimum Gasteiger partial charge on any atom is -0.394 e. The molecule has 3 aliphatic rings. The molecule has 0 bridgehead atoms. The maximum Gasteiger partial charge on any atom is 0.386 e. The molecule has 33 heteroatoms. The number of methoxy groups -OCH3 is 2. The van der Waals surface area contributed by atoms with E-state index in [-0.39, 0.29) is 34.1 Å². The van der Waals surface area contributed by atoms with Crippen molar-refractivity contribution in [3.05, 3.63) is 62.4 Å². The van der Waals surface area contributed by atoms with Gasteiger partial charge >= 0.3 is 19.2 Å². The van der Waals surface area contributed by atoms with Crippen LogP contribution >= 0.6 is 25.8 Å². The summed E-state index contributed by atoms with van der Waals surface area (Å²) in [7, 11) is 2.51. The number of fused-ring (bicyclic) bond motifs is 2. The zero-order chi connectivity index (χ0) is 45.8. The molecule has 0 radical (unpaired) electrons. The van der Waals surface area contributed by atoms with Crippen molar-refractivity contribution in [2.24, 2.45) is 0 Å². The van der Waals surface area contributed by atoms with Gasteiger partial charge in [-0.3, -0.25) is 46.8 Å². The molecule has 8 heterocycles. The van der Waals surface area contributed by atoms with Crippen molar-refractivity contribution in [1.29, 1.82) is 0 Å². The molecule has 0 aromatic carbocycles. The van der Waals surface area contributed by atoms with Crippen LogP contribution in [-0.2, 0) is 58.2 Å². The van der Waals surface area contributed by atoms with Crippen molar-refractivity contribution in [1.82, 2.24) is 48.6 Å². The van der Waals surface area contributed by atoms with E-state index in [0.29, 0.717) is 0 Å². The minimum atomic E-state index is -4.67. The van der Waals surface area contributed by atoms with Crippen LogP contribution in [0.15, 0.2) is 45.6 Å². The van der Waals surface area contributed by atoms with Crippen molar-refractivity contribution >= 4 is 71.7 Å². The summed E-state index contributed by atoms with van der Waals surface area (Å²) in [5.41, 5.74) is 9.55. The summed E-state index contributed by atoms with van der Waals surface area (Å²) in [6.07, 6.45) is -12.8. The highest BCUT2D eigenvalue weighted by Crippen LogP contribution is 2.58. The number of aliphatic hydroxyl groups excluding tert-OH is 2. The number of aromatic nitrogens is 10. The Morgan fingerprint density at radius 3 is 2.22 bits per heavy atom. The number of halogens is 1. The Morgan fingerprint density at radius 2 is 1.52 bits per heavy atom. The van der Waals surface area contributed by atoms with Crippen LogP contribution in [0.2, 0.25) is 0 Å². The molecule has 5 aromatic rings. The van der Waals surface area contributed by atoms with Crippen LogP contribution in [0.3, 0.4) is 0 Å². The van der Waals surface area contributed by atoms with E-state index in [4.69, 9.17) is 65.1 Å². The zero-order valence-corrected chi connectivity index (χ0v) is 36.4. The number of aliphatic hydroxyl groups is 2. The van der Waals surface area contributed by atoms with E-state index in [1.54, 1.807) is 0 Å². The molecular formula is C31H39FN12O16P2S2. The Balaban J connectivity index is 0.998. The van der Waals surface area contributed by atoms with Crippen molar-refractivity contribution in [2.45, 2.75) is 73.7 Å². The number of hydrogen-bond donors (Lipinski definition) is 8. The first-order chi connectivity index (χ1) is 30.4. The van der Waals surface area contributed by atoms with Gasteiger partial charge in [0.1, 0.15) is 60.7 Å². The van der Waals surface area contributed by atoms with Gasteiger partial charge in [0.25, 0.3) is 11.1 Å². The van der Waals surface area contributed by atoms with Gasteiger partial charge in [0.15, 0.2) is 47.5 Å². The average Bonchev–Trinajstić information content (AvgIpc) is 4.06. The fourth-order valence-corrected chi connectivity index (χ4v) is 10.4. The van der Waals surface area contributed by atoms with Gasteiger partial charge in [0, 0.05) is 26.5 Å². The first-order valence-corrected chi connectivity index (χ1v) is 24.0. The van der Waals surface area contributed by atoms with Crippen LogP contribution in [0.25, 0.3) is 22.3 Å². The molecule has 14 atom stereocenters. The molecule has 5 aromatic heterocycles. The number of anilines is 2. The Kier molecular flexibility index (Phi) is 13.2. The third-order valence-electron chi connectivity index (χ3n) is 10.4. The summed E-state index contributed by atoms with van der Waals surface area (Å²) in [6, 6.07) is 1.05. The lowest BCUT2D eigenvalue weighted by Crippen LogP contribution is -2.40. The third kappa shape index (κ3) is 8.91. The predicted molar refractivity (Wildman–Crippen MR) is 220 cm³/mol. The maximum absolute atomic E-state index is 16.7. The van der Waals surface area contributed by atoms with Gasteiger partial charge in [-0.2, -0.15) is 4.98 Å². The smallest absolute Gasteiger partial charge is 0.386 e. The highest BCUT2D eigenvalue weighted by atomic mass is 32.7. The monoisotopic (exact) mass is 980 g/mol. The normalized spacial score (nSPS) is 31.5. The first kappa shape index (κ1) is 46.4. The molecule has 8 rings (SSSR count). The molecule has 5 unspecified atom stereocenters. The Morgan fingerprint density at radius 1 is 0.859 bits per heavy atom. The number of nitrogens with one attached hydrogen (secondary N) is 2. The predicted octanol–water partition coefficient (Wildman–Crippen LogP) is -1.85. The van der Waals surface area contributed by atoms with Gasteiger partial charge in [-0.15, -0.1) is 0 Å². The van der Waals surface area contributed by atoms with E-state index < -0.39 is 124 Å². The number of hydrogen-bond acceptors (Lipinski definition) is 23. The van der Waals surface area contributed by atoms with Crippen molar-refractivity contribution < 1.29 is 65.8 Å². The number of imidazole rings is 2. The Bertz CT molecular complexity index is 2800. The van der Waals surface area contributed by atoms with Crippen LogP contribution in [0.1, 0.15) is 18.7 Å². The van der Waals surface area contributed by atoms with Crippen molar-refractivity contribution in [2.75, 3.05) is 45.5 Å². The number of alkyl halides is 1. The van der Waals surface area contributed by atoms with Crippen LogP contribution < -0.4 is 28.3 Å². The second-order valence-corrected chi connectivity index (χ2v) is 19.9. The lowest BCUT2D eigenvalue weighted by molar-refractivity contribution is -0.0625. The topological polar surface area (TPSA) is 375 Å². The number of nitrogens with zero attached hydrogens (tertiary/aromatic N) is 8. The summed E-state index contributed by atoms with van der Waals surface area (Å²) in [6.45, 7) is -11.3. The van der Waals surface area contributed by atoms with E-state index in [1.165, 1.54) is 31.4 Å². The van der Waals surface area contributed by atoms with E-state index in [9.17, 15) is 34.1 Å². The number of H-pyrrole nitrogens is 2. The summed E-state index contributed by atoms with van der Waals surface area (Å²) >= 11 is 9.37. The summed E-state index contributed by atoms with van der Waals surface area (Å²) in [4.78, 5) is 72.6. The maximum atomic E-state index is 16.7. The molecule has 64 heavy (non-hydrogen) atoms. The molecule has 0 spiro atoms. The standard InChI is InChI=1S/C31H39FN12O16P2S2/c1-52-21-18(47)12(57-28(21)44-10-38-17-25(44)40-30(34)41-26(17)48)6-54-61(50,63)59-19-13(58-27(15(19)32)43-9-37-16-23(33)35-8-36-24(16)43)7-55-62(51,64)60-20-11(5-45)56-29(22(20)53-2)42-4-3-14(46)39-31(42)49/h3-4,8-13,15,18-22,27-29,45,47H,5-7H2,1-2H3,(H,50,63)(H,51,64)(H2,33,35,36)(H,39,46,49)(H3,34,40,41,48)/t11-,12-,13-,15?,18+,19+,20+,21?,22?,27-,28-,29-,61?,62?/m1/s1. The van der Waals surface area contributed by atoms with Crippen LogP contribution in [0.4, 0.5) is 16.2 Å². The summed E-state index contributed by atoms with van der Waals surface area (Å²) in [5.74, 6) is -0.243. The highest BCUT2D eigenvalue weighted by Gasteiger charge is 2.53. The number of ether oxygens (including phenoxy) is 5. The summed E-state index contributed by atoms with van der Waals surface area (Å²) < 4.78 is 85.4. The highest BCUT2D eigenvalue weighted by molar-refractivity contribution is 8.44.